The fourth-order valence-corrected chi connectivity index (χ4v) is 3.32. The summed E-state index contributed by atoms with van der Waals surface area (Å²) in [5.41, 5.74) is 3.57. The molecule has 6 heteroatoms. The van der Waals surface area contributed by atoms with Crippen LogP contribution < -0.4 is 0 Å². The number of carbonyl (C=O) groups excluding carboxylic acids is 1. The molecule has 134 valence electrons. The molecule has 1 saturated heterocycles. The Morgan fingerprint density at radius 1 is 1.20 bits per heavy atom. The zero-order chi connectivity index (χ0) is 18.0. The van der Waals surface area contributed by atoms with Gasteiger partial charge in [-0.1, -0.05) is 20.8 Å². The quantitative estimate of drug-likeness (QED) is 0.931. The number of carbonyl (C=O) groups is 1. The van der Waals surface area contributed by atoms with Gasteiger partial charge >= 0.3 is 0 Å². The number of nitrogens with one attached hydrogen (secondary N) is 1. The van der Waals surface area contributed by atoms with E-state index >= 15 is 0 Å². The summed E-state index contributed by atoms with van der Waals surface area (Å²) >= 11 is 0. The molecule has 0 bridgehead atoms. The molecule has 0 saturated carbocycles. The molecule has 0 radical (unpaired) electrons. The standard InChI is InChI=1S/C19H27N5O/c1-13-16(11-22-23-13)17-12-20-15(10-21-17)9-14-5-7-24(8-6-14)18(25)19(2,3)4/h10-12,14H,5-9H2,1-4H3,(H,22,23). The number of piperidine rings is 1. The van der Waals surface area contributed by atoms with Crippen LogP contribution in [0.1, 0.15) is 45.0 Å². The molecule has 0 atom stereocenters. The van der Waals surface area contributed by atoms with Crippen molar-refractivity contribution in [2.75, 3.05) is 13.1 Å². The average Bonchev–Trinajstić information content (AvgIpc) is 3.01. The van der Waals surface area contributed by atoms with Gasteiger partial charge in [-0.25, -0.2) is 0 Å². The molecule has 0 aromatic carbocycles. The van der Waals surface area contributed by atoms with Crippen LogP contribution in [0.5, 0.6) is 0 Å². The highest BCUT2D eigenvalue weighted by molar-refractivity contribution is 5.81. The molecular formula is C19H27N5O. The number of hydrogen-bond donors (Lipinski definition) is 1. The third-order valence-corrected chi connectivity index (χ3v) is 4.85. The lowest BCUT2D eigenvalue weighted by Gasteiger charge is -2.35. The highest BCUT2D eigenvalue weighted by atomic mass is 16.2. The Balaban J connectivity index is 1.56. The van der Waals surface area contributed by atoms with Gasteiger partial charge in [0.2, 0.25) is 5.91 Å². The maximum atomic E-state index is 12.4. The van der Waals surface area contributed by atoms with E-state index in [1.165, 1.54) is 0 Å². The molecule has 3 rings (SSSR count). The number of aromatic amines is 1. The van der Waals surface area contributed by atoms with Gasteiger partial charge in [-0.3, -0.25) is 19.9 Å². The molecule has 1 aliphatic heterocycles. The molecule has 1 amide bonds. The molecule has 6 nitrogen and oxygen atoms in total. The number of hydrogen-bond acceptors (Lipinski definition) is 4. The van der Waals surface area contributed by atoms with Crippen molar-refractivity contribution < 1.29 is 4.79 Å². The Morgan fingerprint density at radius 2 is 1.92 bits per heavy atom. The van der Waals surface area contributed by atoms with Crippen molar-refractivity contribution in [2.24, 2.45) is 11.3 Å². The molecule has 1 aliphatic rings. The van der Waals surface area contributed by atoms with E-state index in [9.17, 15) is 4.79 Å². The van der Waals surface area contributed by atoms with Gasteiger partial charge in [-0.15, -0.1) is 0 Å². The minimum absolute atomic E-state index is 0.255. The molecule has 3 heterocycles. The van der Waals surface area contributed by atoms with E-state index in [0.29, 0.717) is 5.92 Å². The predicted octanol–water partition coefficient (Wildman–Crippen LogP) is 3.00. The maximum Gasteiger partial charge on any atom is 0.227 e. The van der Waals surface area contributed by atoms with Gasteiger partial charge in [0.25, 0.3) is 0 Å². The van der Waals surface area contributed by atoms with Crippen molar-refractivity contribution in [3.8, 4) is 11.3 Å². The van der Waals surface area contributed by atoms with Gasteiger partial charge in [0, 0.05) is 36.0 Å². The van der Waals surface area contributed by atoms with Crippen molar-refractivity contribution in [1.29, 1.82) is 0 Å². The first-order chi connectivity index (χ1) is 11.8. The number of nitrogens with zero attached hydrogens (tertiary/aromatic N) is 4. The molecule has 25 heavy (non-hydrogen) atoms. The zero-order valence-electron chi connectivity index (χ0n) is 15.5. The van der Waals surface area contributed by atoms with Crippen molar-refractivity contribution in [1.82, 2.24) is 25.1 Å². The number of H-pyrrole nitrogens is 1. The van der Waals surface area contributed by atoms with E-state index in [2.05, 4.69) is 20.2 Å². The summed E-state index contributed by atoms with van der Waals surface area (Å²) in [7, 11) is 0. The van der Waals surface area contributed by atoms with Crippen LogP contribution in [-0.4, -0.2) is 44.1 Å². The molecular weight excluding hydrogens is 314 g/mol. The minimum Gasteiger partial charge on any atom is -0.342 e. The lowest BCUT2D eigenvalue weighted by atomic mass is 9.89. The lowest BCUT2D eigenvalue weighted by Crippen LogP contribution is -2.44. The van der Waals surface area contributed by atoms with E-state index < -0.39 is 0 Å². The second kappa shape index (κ2) is 6.94. The normalized spacial score (nSPS) is 16.2. The Bertz CT molecular complexity index is 721. The summed E-state index contributed by atoms with van der Waals surface area (Å²) in [6, 6.07) is 0. The first-order valence-electron chi connectivity index (χ1n) is 8.95. The number of likely N-dealkylation sites (tertiary alicyclic amines) is 1. The fourth-order valence-electron chi connectivity index (χ4n) is 3.32. The second-order valence-corrected chi connectivity index (χ2v) is 7.99. The van der Waals surface area contributed by atoms with E-state index in [-0.39, 0.29) is 11.3 Å². The average molecular weight is 341 g/mol. The third-order valence-electron chi connectivity index (χ3n) is 4.85. The van der Waals surface area contributed by atoms with Crippen molar-refractivity contribution in [3.05, 3.63) is 30.0 Å². The van der Waals surface area contributed by atoms with E-state index in [0.717, 1.165) is 55.0 Å². The monoisotopic (exact) mass is 341 g/mol. The zero-order valence-corrected chi connectivity index (χ0v) is 15.5. The Kier molecular flexibility index (Phi) is 4.88. The topological polar surface area (TPSA) is 74.8 Å². The van der Waals surface area contributed by atoms with E-state index in [4.69, 9.17) is 0 Å². The van der Waals surface area contributed by atoms with Crippen LogP contribution in [-0.2, 0) is 11.2 Å². The van der Waals surface area contributed by atoms with Gasteiger partial charge < -0.3 is 4.90 Å². The maximum absolute atomic E-state index is 12.4. The summed E-state index contributed by atoms with van der Waals surface area (Å²) in [6.07, 6.45) is 8.47. The predicted molar refractivity (Wildman–Crippen MR) is 96.8 cm³/mol. The van der Waals surface area contributed by atoms with Crippen LogP contribution >= 0.6 is 0 Å². The Hall–Kier alpha value is -2.24. The van der Waals surface area contributed by atoms with Crippen LogP contribution in [0.2, 0.25) is 0 Å². The first kappa shape index (κ1) is 17.6. The highest BCUT2D eigenvalue weighted by Crippen LogP contribution is 2.25. The number of aryl methyl sites for hydroxylation is 1. The lowest BCUT2D eigenvalue weighted by molar-refractivity contribution is -0.140. The molecule has 0 aliphatic carbocycles. The van der Waals surface area contributed by atoms with E-state index in [1.54, 1.807) is 6.20 Å². The van der Waals surface area contributed by atoms with Crippen molar-refractivity contribution >= 4 is 5.91 Å². The van der Waals surface area contributed by atoms with Crippen LogP contribution in [0.15, 0.2) is 18.6 Å². The van der Waals surface area contributed by atoms with Gasteiger partial charge in [0.05, 0.1) is 23.8 Å². The van der Waals surface area contributed by atoms with Crippen molar-refractivity contribution in [3.63, 3.8) is 0 Å². The van der Waals surface area contributed by atoms with E-state index in [1.807, 2.05) is 45.0 Å². The first-order valence-corrected chi connectivity index (χ1v) is 8.95. The molecule has 0 spiro atoms. The molecule has 1 N–H and O–H groups in total. The van der Waals surface area contributed by atoms with Crippen LogP contribution in [0.4, 0.5) is 0 Å². The number of amides is 1. The Labute approximate surface area is 149 Å². The third kappa shape index (κ3) is 4.06. The smallest absolute Gasteiger partial charge is 0.227 e. The summed E-state index contributed by atoms with van der Waals surface area (Å²) in [5.74, 6) is 0.824. The number of aromatic nitrogens is 4. The van der Waals surface area contributed by atoms with Crippen LogP contribution in [0.3, 0.4) is 0 Å². The SMILES string of the molecule is Cc1[nH]ncc1-c1cnc(CC2CCN(C(=O)C(C)(C)C)CC2)cn1. The second-order valence-electron chi connectivity index (χ2n) is 7.99. The van der Waals surface area contributed by atoms with Gasteiger partial charge in [0.1, 0.15) is 0 Å². The van der Waals surface area contributed by atoms with Gasteiger partial charge in [-0.2, -0.15) is 5.10 Å². The van der Waals surface area contributed by atoms with Crippen molar-refractivity contribution in [2.45, 2.75) is 47.0 Å². The summed E-state index contributed by atoms with van der Waals surface area (Å²) < 4.78 is 0. The summed E-state index contributed by atoms with van der Waals surface area (Å²) in [5, 5.41) is 6.95. The number of rotatable bonds is 3. The van der Waals surface area contributed by atoms with Gasteiger partial charge in [-0.05, 0) is 32.1 Å². The largest absolute Gasteiger partial charge is 0.342 e. The fraction of sp³-hybridized carbons (Fsp3) is 0.579. The molecule has 0 unspecified atom stereocenters. The van der Waals surface area contributed by atoms with Crippen LogP contribution in [0.25, 0.3) is 11.3 Å². The molecule has 2 aromatic rings. The molecule has 1 fully saturated rings. The van der Waals surface area contributed by atoms with Gasteiger partial charge in [0.15, 0.2) is 0 Å². The molecule has 2 aromatic heterocycles. The summed E-state index contributed by atoms with van der Waals surface area (Å²) in [4.78, 5) is 23.5. The highest BCUT2D eigenvalue weighted by Gasteiger charge is 2.30. The van der Waals surface area contributed by atoms with Crippen LogP contribution in [0, 0.1) is 18.3 Å². The summed E-state index contributed by atoms with van der Waals surface area (Å²) in [6.45, 7) is 9.63. The minimum atomic E-state index is -0.292. The Morgan fingerprint density at radius 3 is 2.44 bits per heavy atom.